The Morgan fingerprint density at radius 2 is 1.90 bits per heavy atom. The molecule has 0 bridgehead atoms. The van der Waals surface area contributed by atoms with Crippen LogP contribution in [0.1, 0.15) is 5.56 Å². The number of amides is 2. The normalized spacial score (nSPS) is 11.6. The summed E-state index contributed by atoms with van der Waals surface area (Å²) >= 11 is 0.304. The molecular weight excluding hydrogens is 450 g/mol. The number of carbonyl (C=O) groups is 1. The summed E-state index contributed by atoms with van der Waals surface area (Å²) in [6, 6.07) is 8.71. The number of azo groups is 1. The van der Waals surface area contributed by atoms with Crippen molar-refractivity contribution >= 4 is 50.9 Å². The van der Waals surface area contributed by atoms with E-state index in [0.717, 1.165) is 5.69 Å². The first-order valence-corrected chi connectivity index (χ1v) is 11.0. The van der Waals surface area contributed by atoms with Crippen LogP contribution < -0.4 is 16.4 Å². The molecule has 0 aliphatic carbocycles. The molecule has 31 heavy (non-hydrogen) atoms. The van der Waals surface area contributed by atoms with Gasteiger partial charge in [-0.25, -0.2) is 18.5 Å². The van der Waals surface area contributed by atoms with Crippen LogP contribution in [0.5, 0.6) is 0 Å². The molecule has 0 aliphatic rings. The van der Waals surface area contributed by atoms with Gasteiger partial charge in [-0.2, -0.15) is 5.11 Å². The fourth-order valence-electron chi connectivity index (χ4n) is 2.38. The molecule has 2 amide bonds. The third-order valence-corrected chi connectivity index (χ3v) is 5.93. The molecule has 0 fully saturated rings. The highest BCUT2D eigenvalue weighted by Crippen LogP contribution is 2.31. The SMILES string of the molecule is CNc1ccc(N=Nc2ccc(S(=O)(=O)CCOSOOO)cc2C)c(NC(N)=O)c1. The maximum absolute atomic E-state index is 12.4. The van der Waals surface area contributed by atoms with Gasteiger partial charge in [0.05, 0.1) is 28.6 Å². The third-order valence-electron chi connectivity index (χ3n) is 3.88. The number of nitrogens with two attached hydrogens (primary N) is 1. The summed E-state index contributed by atoms with van der Waals surface area (Å²) in [5.74, 6) is -0.310. The highest BCUT2D eigenvalue weighted by molar-refractivity contribution is 7.91. The first-order valence-electron chi connectivity index (χ1n) is 8.66. The first-order chi connectivity index (χ1) is 14.8. The smallest absolute Gasteiger partial charge is 0.316 e. The van der Waals surface area contributed by atoms with Gasteiger partial charge in [0.1, 0.15) is 5.69 Å². The molecule has 2 rings (SSSR count). The number of rotatable bonds is 11. The Labute approximate surface area is 183 Å². The van der Waals surface area contributed by atoms with Crippen LogP contribution in [0.15, 0.2) is 51.5 Å². The molecule has 14 heteroatoms. The lowest BCUT2D eigenvalue weighted by atomic mass is 10.2. The summed E-state index contributed by atoms with van der Waals surface area (Å²) in [5.41, 5.74) is 7.71. The molecular formula is C17H21N5O7S2. The van der Waals surface area contributed by atoms with Gasteiger partial charge in [0, 0.05) is 12.7 Å². The molecule has 0 atom stereocenters. The second-order valence-electron chi connectivity index (χ2n) is 5.97. The van der Waals surface area contributed by atoms with Gasteiger partial charge in [-0.1, -0.05) is 5.04 Å². The van der Waals surface area contributed by atoms with Crippen LogP contribution in [0.4, 0.5) is 27.5 Å². The second kappa shape index (κ2) is 11.6. The largest absolute Gasteiger partial charge is 0.388 e. The lowest BCUT2D eigenvalue weighted by Crippen LogP contribution is -2.19. The zero-order valence-electron chi connectivity index (χ0n) is 16.6. The molecule has 0 radical (unpaired) electrons. The van der Waals surface area contributed by atoms with E-state index in [-0.39, 0.29) is 17.3 Å². The van der Waals surface area contributed by atoms with Gasteiger partial charge < -0.3 is 16.4 Å². The van der Waals surface area contributed by atoms with Crippen molar-refractivity contribution in [2.45, 2.75) is 11.8 Å². The predicted molar refractivity (Wildman–Crippen MR) is 115 cm³/mol. The highest BCUT2D eigenvalue weighted by Gasteiger charge is 2.16. The van der Waals surface area contributed by atoms with Crippen LogP contribution in [0, 0.1) is 6.92 Å². The van der Waals surface area contributed by atoms with E-state index >= 15 is 0 Å². The van der Waals surface area contributed by atoms with Crippen LogP contribution in [0.3, 0.4) is 0 Å². The molecule has 0 aliphatic heterocycles. The number of primary amides is 1. The van der Waals surface area contributed by atoms with Crippen molar-refractivity contribution in [2.75, 3.05) is 30.0 Å². The Balaban J connectivity index is 2.17. The van der Waals surface area contributed by atoms with Gasteiger partial charge >= 0.3 is 6.03 Å². The zero-order valence-corrected chi connectivity index (χ0v) is 18.2. The lowest BCUT2D eigenvalue weighted by Gasteiger charge is -2.09. The topological polar surface area (TPSA) is 174 Å². The van der Waals surface area contributed by atoms with Crippen molar-refractivity contribution in [1.29, 1.82) is 0 Å². The fourth-order valence-corrected chi connectivity index (χ4v) is 3.87. The Morgan fingerprint density at radius 1 is 1.19 bits per heavy atom. The van der Waals surface area contributed by atoms with E-state index in [1.165, 1.54) is 18.2 Å². The van der Waals surface area contributed by atoms with Gasteiger partial charge in [0.15, 0.2) is 22.2 Å². The van der Waals surface area contributed by atoms with E-state index in [0.29, 0.717) is 34.9 Å². The van der Waals surface area contributed by atoms with Gasteiger partial charge in [0.25, 0.3) is 0 Å². The molecule has 12 nitrogen and oxygen atoms in total. The predicted octanol–water partition coefficient (Wildman–Crippen LogP) is 3.72. The van der Waals surface area contributed by atoms with Crippen molar-refractivity contribution < 1.29 is 32.0 Å². The number of hydrogen-bond acceptors (Lipinski definition) is 11. The molecule has 5 N–H and O–H groups in total. The number of nitrogens with zero attached hydrogens (tertiary/aromatic N) is 2. The Hall–Kier alpha value is -2.75. The van der Waals surface area contributed by atoms with E-state index in [1.807, 2.05) is 0 Å². The maximum Gasteiger partial charge on any atom is 0.316 e. The van der Waals surface area contributed by atoms with Crippen LogP contribution >= 0.6 is 12.3 Å². The standard InChI is InChI=1S/C17H21N5O7S2/c1-11-9-13(31(25,26)8-7-27-30-29-28-24)4-6-14(11)21-22-15-5-3-12(19-2)10-16(15)20-17(18)23/h3-6,9-10,19,24H,7-8H2,1-2H3,(H3,18,20,23). The summed E-state index contributed by atoms with van der Waals surface area (Å²) in [7, 11) is -1.89. The number of aryl methyl sites for hydroxylation is 1. The van der Waals surface area contributed by atoms with E-state index in [9.17, 15) is 13.2 Å². The van der Waals surface area contributed by atoms with Gasteiger partial charge in [-0.15, -0.1) is 9.45 Å². The van der Waals surface area contributed by atoms with Gasteiger partial charge in [-0.05, 0) is 48.9 Å². The fraction of sp³-hybridized carbons (Fsp3) is 0.235. The van der Waals surface area contributed by atoms with E-state index in [2.05, 4.69) is 30.2 Å². The molecule has 0 saturated heterocycles. The van der Waals surface area contributed by atoms with E-state index in [4.69, 9.17) is 15.2 Å². The Bertz CT molecular complexity index is 1050. The van der Waals surface area contributed by atoms with Crippen LogP contribution in [0.25, 0.3) is 0 Å². The van der Waals surface area contributed by atoms with Crippen LogP contribution in [0.2, 0.25) is 0 Å². The molecule has 2 aromatic carbocycles. The minimum Gasteiger partial charge on any atom is -0.388 e. The number of nitrogens with one attached hydrogen (secondary N) is 2. The van der Waals surface area contributed by atoms with Gasteiger partial charge in [-0.3, -0.25) is 4.18 Å². The van der Waals surface area contributed by atoms with Crippen molar-refractivity contribution in [3.8, 4) is 0 Å². The molecule has 2 aromatic rings. The minimum absolute atomic E-state index is 0.0892. The molecule has 0 spiro atoms. The van der Waals surface area contributed by atoms with Crippen molar-refractivity contribution in [1.82, 2.24) is 0 Å². The molecule has 0 heterocycles. The van der Waals surface area contributed by atoms with Crippen LogP contribution in [-0.4, -0.2) is 39.1 Å². The third kappa shape index (κ3) is 7.46. The van der Waals surface area contributed by atoms with E-state index < -0.39 is 15.9 Å². The van der Waals surface area contributed by atoms with Crippen molar-refractivity contribution in [3.63, 3.8) is 0 Å². The Kier molecular flexibility index (Phi) is 9.17. The first kappa shape index (κ1) is 24.5. The quantitative estimate of drug-likeness (QED) is 0.125. The Morgan fingerprint density at radius 3 is 2.55 bits per heavy atom. The second-order valence-corrected chi connectivity index (χ2v) is 8.59. The average Bonchev–Trinajstić information content (AvgIpc) is 2.72. The number of benzene rings is 2. The lowest BCUT2D eigenvalue weighted by molar-refractivity contribution is -0.434. The summed E-state index contributed by atoms with van der Waals surface area (Å²) in [6.45, 7) is 1.51. The summed E-state index contributed by atoms with van der Waals surface area (Å²) in [5, 5.41) is 25.0. The zero-order chi connectivity index (χ0) is 22.9. The number of sulfone groups is 1. The summed E-state index contributed by atoms with van der Waals surface area (Å²) in [6.07, 6.45) is 0. The molecule has 0 unspecified atom stereocenters. The number of carbonyl (C=O) groups excluding carboxylic acids is 1. The van der Waals surface area contributed by atoms with Crippen molar-refractivity contribution in [2.24, 2.45) is 16.0 Å². The molecule has 0 saturated carbocycles. The summed E-state index contributed by atoms with van der Waals surface area (Å²) < 4.78 is 33.6. The summed E-state index contributed by atoms with van der Waals surface area (Å²) in [4.78, 5) is 11.3. The monoisotopic (exact) mass is 471 g/mol. The average molecular weight is 472 g/mol. The van der Waals surface area contributed by atoms with Crippen molar-refractivity contribution in [3.05, 3.63) is 42.0 Å². The molecule has 0 aromatic heterocycles. The number of hydrogen-bond donors (Lipinski definition) is 4. The van der Waals surface area contributed by atoms with Crippen LogP contribution in [-0.2, 0) is 23.4 Å². The number of urea groups is 1. The van der Waals surface area contributed by atoms with E-state index in [1.54, 1.807) is 32.2 Å². The molecule has 168 valence electrons. The minimum atomic E-state index is -3.62. The van der Waals surface area contributed by atoms with Gasteiger partial charge in [0.2, 0.25) is 0 Å². The maximum atomic E-state index is 12.4. The number of anilines is 2. The highest BCUT2D eigenvalue weighted by atomic mass is 32.2.